The molecule has 1 N–H and O–H groups in total. The molecule has 20 heavy (non-hydrogen) atoms. The lowest BCUT2D eigenvalue weighted by molar-refractivity contribution is -0.274. The van der Waals surface area contributed by atoms with Gasteiger partial charge in [-0.1, -0.05) is 18.2 Å². The van der Waals surface area contributed by atoms with Crippen molar-refractivity contribution in [2.75, 3.05) is 7.11 Å². The standard InChI is InChI=1S/C14H11F3O3/c1-19-13-6-5-10(8-12(13)18)9-3-2-4-11(7-9)20-14(15,16)17/h2-8,18H,1H3. The molecule has 6 heteroatoms. The molecule has 0 spiro atoms. The van der Waals surface area contributed by atoms with Crippen molar-refractivity contribution in [3.63, 3.8) is 0 Å². The normalized spacial score (nSPS) is 11.2. The van der Waals surface area contributed by atoms with Gasteiger partial charge in [-0.2, -0.15) is 0 Å². The van der Waals surface area contributed by atoms with Crippen molar-refractivity contribution >= 4 is 0 Å². The van der Waals surface area contributed by atoms with Crippen molar-refractivity contribution in [2.24, 2.45) is 0 Å². The predicted octanol–water partition coefficient (Wildman–Crippen LogP) is 3.97. The fraction of sp³-hybridized carbons (Fsp3) is 0.143. The van der Waals surface area contributed by atoms with Gasteiger partial charge in [0.1, 0.15) is 5.75 Å². The Morgan fingerprint density at radius 3 is 2.30 bits per heavy atom. The third kappa shape index (κ3) is 3.34. The minimum Gasteiger partial charge on any atom is -0.504 e. The Bertz CT molecular complexity index is 609. The van der Waals surface area contributed by atoms with E-state index in [-0.39, 0.29) is 17.2 Å². The van der Waals surface area contributed by atoms with E-state index in [1.165, 1.54) is 37.4 Å². The molecule has 0 bridgehead atoms. The van der Waals surface area contributed by atoms with Crippen molar-refractivity contribution in [3.8, 4) is 28.4 Å². The zero-order chi connectivity index (χ0) is 14.8. The smallest absolute Gasteiger partial charge is 0.504 e. The first-order chi connectivity index (χ1) is 9.39. The van der Waals surface area contributed by atoms with Gasteiger partial charge < -0.3 is 14.6 Å². The molecule has 0 amide bonds. The van der Waals surface area contributed by atoms with Gasteiger partial charge in [-0.15, -0.1) is 13.2 Å². The van der Waals surface area contributed by atoms with Crippen molar-refractivity contribution in [1.82, 2.24) is 0 Å². The first-order valence-electron chi connectivity index (χ1n) is 5.62. The van der Waals surface area contributed by atoms with Gasteiger partial charge in [-0.05, 0) is 35.4 Å². The molecule has 0 aliphatic heterocycles. The Balaban J connectivity index is 2.33. The van der Waals surface area contributed by atoms with Gasteiger partial charge in [0.25, 0.3) is 0 Å². The Kier molecular flexibility index (Phi) is 3.74. The fourth-order valence-electron chi connectivity index (χ4n) is 1.74. The molecule has 0 saturated carbocycles. The number of aromatic hydroxyl groups is 1. The number of ether oxygens (including phenoxy) is 2. The molecule has 3 nitrogen and oxygen atoms in total. The van der Waals surface area contributed by atoms with E-state index in [4.69, 9.17) is 4.74 Å². The maximum atomic E-state index is 12.2. The number of hydrogen-bond acceptors (Lipinski definition) is 3. The highest BCUT2D eigenvalue weighted by Gasteiger charge is 2.31. The third-order valence-corrected chi connectivity index (χ3v) is 2.58. The molecule has 106 valence electrons. The summed E-state index contributed by atoms with van der Waals surface area (Å²) < 4.78 is 45.2. The van der Waals surface area contributed by atoms with Gasteiger partial charge >= 0.3 is 6.36 Å². The van der Waals surface area contributed by atoms with E-state index < -0.39 is 6.36 Å². The molecule has 0 atom stereocenters. The summed E-state index contributed by atoms with van der Waals surface area (Å²) in [4.78, 5) is 0. The van der Waals surface area contributed by atoms with Crippen LogP contribution < -0.4 is 9.47 Å². The van der Waals surface area contributed by atoms with E-state index in [9.17, 15) is 18.3 Å². The van der Waals surface area contributed by atoms with Crippen LogP contribution in [0.5, 0.6) is 17.2 Å². The predicted molar refractivity (Wildman–Crippen MR) is 66.8 cm³/mol. The molecule has 0 radical (unpaired) electrons. The average Bonchev–Trinajstić information content (AvgIpc) is 2.37. The minimum atomic E-state index is -4.74. The Labute approximate surface area is 113 Å². The van der Waals surface area contributed by atoms with Crippen molar-refractivity contribution in [3.05, 3.63) is 42.5 Å². The first kappa shape index (κ1) is 14.0. The van der Waals surface area contributed by atoms with Crippen LogP contribution in [0, 0.1) is 0 Å². The second-order valence-corrected chi connectivity index (χ2v) is 3.96. The third-order valence-electron chi connectivity index (χ3n) is 2.58. The van der Waals surface area contributed by atoms with Crippen LogP contribution in [0.25, 0.3) is 11.1 Å². The molecule has 0 fully saturated rings. The number of methoxy groups -OCH3 is 1. The SMILES string of the molecule is COc1ccc(-c2cccc(OC(F)(F)F)c2)cc1O. The highest BCUT2D eigenvalue weighted by molar-refractivity contribution is 5.68. The Hall–Kier alpha value is -2.37. The van der Waals surface area contributed by atoms with Gasteiger partial charge in [-0.3, -0.25) is 0 Å². The molecule has 0 saturated heterocycles. The fourth-order valence-corrected chi connectivity index (χ4v) is 1.74. The largest absolute Gasteiger partial charge is 0.573 e. The molecular formula is C14H11F3O3. The summed E-state index contributed by atoms with van der Waals surface area (Å²) in [5.41, 5.74) is 1.04. The number of phenolic OH excluding ortho intramolecular Hbond substituents is 1. The lowest BCUT2D eigenvalue weighted by Gasteiger charge is -2.11. The summed E-state index contributed by atoms with van der Waals surface area (Å²) in [6.45, 7) is 0. The van der Waals surface area contributed by atoms with Crippen LogP contribution in [0.4, 0.5) is 13.2 Å². The molecule has 0 aliphatic carbocycles. The van der Waals surface area contributed by atoms with E-state index in [1.54, 1.807) is 12.1 Å². The summed E-state index contributed by atoms with van der Waals surface area (Å²) in [7, 11) is 1.41. The van der Waals surface area contributed by atoms with Gasteiger partial charge in [0.2, 0.25) is 0 Å². The maximum Gasteiger partial charge on any atom is 0.573 e. The van der Waals surface area contributed by atoms with Crippen LogP contribution in [-0.2, 0) is 0 Å². The summed E-state index contributed by atoms with van der Waals surface area (Å²) in [5.74, 6) is -0.117. The molecule has 0 unspecified atom stereocenters. The second kappa shape index (κ2) is 5.32. The molecule has 2 aromatic carbocycles. The lowest BCUT2D eigenvalue weighted by atomic mass is 10.0. The van der Waals surface area contributed by atoms with E-state index in [2.05, 4.69) is 4.74 Å². The molecule has 0 aromatic heterocycles. The van der Waals surface area contributed by atoms with Crippen molar-refractivity contribution < 1.29 is 27.8 Å². The van der Waals surface area contributed by atoms with Crippen LogP contribution in [-0.4, -0.2) is 18.6 Å². The topological polar surface area (TPSA) is 38.7 Å². The molecule has 0 heterocycles. The summed E-state index contributed by atoms with van der Waals surface area (Å²) in [5, 5.41) is 9.67. The summed E-state index contributed by atoms with van der Waals surface area (Å²) in [6.07, 6.45) is -4.74. The van der Waals surface area contributed by atoms with E-state index >= 15 is 0 Å². The number of alkyl halides is 3. The van der Waals surface area contributed by atoms with Gasteiger partial charge in [0.15, 0.2) is 11.5 Å². The van der Waals surface area contributed by atoms with Crippen LogP contribution in [0.1, 0.15) is 0 Å². The first-order valence-corrected chi connectivity index (χ1v) is 5.62. The monoisotopic (exact) mass is 284 g/mol. The highest BCUT2D eigenvalue weighted by Crippen LogP contribution is 2.33. The number of hydrogen-bond donors (Lipinski definition) is 1. The molecular weight excluding hydrogens is 273 g/mol. The van der Waals surface area contributed by atoms with E-state index in [0.717, 1.165) is 0 Å². The van der Waals surface area contributed by atoms with Gasteiger partial charge in [0.05, 0.1) is 7.11 Å². The zero-order valence-corrected chi connectivity index (χ0v) is 10.4. The quantitative estimate of drug-likeness (QED) is 0.927. The second-order valence-electron chi connectivity index (χ2n) is 3.96. The van der Waals surface area contributed by atoms with Crippen LogP contribution in [0.15, 0.2) is 42.5 Å². The number of phenols is 1. The molecule has 0 aliphatic rings. The average molecular weight is 284 g/mol. The highest BCUT2D eigenvalue weighted by atomic mass is 19.4. The van der Waals surface area contributed by atoms with E-state index in [1.807, 2.05) is 0 Å². The van der Waals surface area contributed by atoms with E-state index in [0.29, 0.717) is 11.1 Å². The van der Waals surface area contributed by atoms with Gasteiger partial charge in [-0.25, -0.2) is 0 Å². The van der Waals surface area contributed by atoms with Crippen LogP contribution in [0.2, 0.25) is 0 Å². The molecule has 2 rings (SSSR count). The summed E-state index contributed by atoms with van der Waals surface area (Å²) >= 11 is 0. The molecule has 2 aromatic rings. The Morgan fingerprint density at radius 1 is 1.00 bits per heavy atom. The lowest BCUT2D eigenvalue weighted by Crippen LogP contribution is -2.17. The number of benzene rings is 2. The Morgan fingerprint density at radius 2 is 1.70 bits per heavy atom. The zero-order valence-electron chi connectivity index (χ0n) is 10.4. The van der Waals surface area contributed by atoms with Gasteiger partial charge in [0, 0.05) is 0 Å². The van der Waals surface area contributed by atoms with Crippen molar-refractivity contribution in [2.45, 2.75) is 6.36 Å². The van der Waals surface area contributed by atoms with Crippen LogP contribution in [0.3, 0.4) is 0 Å². The minimum absolute atomic E-state index is 0.0906. The summed E-state index contributed by atoms with van der Waals surface area (Å²) in [6, 6.07) is 10.1. The van der Waals surface area contributed by atoms with Crippen LogP contribution >= 0.6 is 0 Å². The number of rotatable bonds is 3. The van der Waals surface area contributed by atoms with Crippen molar-refractivity contribution in [1.29, 1.82) is 0 Å². The maximum absolute atomic E-state index is 12.2. The number of halogens is 3.